The molecule has 0 aromatic heterocycles. The van der Waals surface area contributed by atoms with Crippen LogP contribution in [0.1, 0.15) is 194 Å². The summed E-state index contributed by atoms with van der Waals surface area (Å²) in [5.41, 5.74) is 0. The average Bonchev–Trinajstić information content (AvgIpc) is 2.98. The maximum Gasteiger partial charge on any atom is 0.306 e. The van der Waals surface area contributed by atoms with Gasteiger partial charge in [-0.05, 0) is 70.6 Å². The molecule has 4 heteroatoms. The molecular weight excluding hydrogens is 518 g/mol. The van der Waals surface area contributed by atoms with Gasteiger partial charge in [-0.2, -0.15) is 0 Å². The first-order valence-electron chi connectivity index (χ1n) is 18.4. The van der Waals surface area contributed by atoms with E-state index in [2.05, 4.69) is 43.5 Å². The van der Waals surface area contributed by atoms with E-state index in [1.807, 2.05) is 0 Å². The first-order chi connectivity index (χ1) is 20.6. The van der Waals surface area contributed by atoms with Crippen LogP contribution in [0.4, 0.5) is 0 Å². The number of unbranched alkanes of at least 4 members (excludes halogenated alkanes) is 21. The Morgan fingerprint density at radius 3 is 1.33 bits per heavy atom. The van der Waals surface area contributed by atoms with Gasteiger partial charge >= 0.3 is 5.97 Å². The number of rotatable bonds is 33. The Labute approximate surface area is 262 Å². The normalized spacial score (nSPS) is 12.4. The van der Waals surface area contributed by atoms with E-state index in [9.17, 15) is 14.7 Å². The highest BCUT2D eigenvalue weighted by Crippen LogP contribution is 2.16. The summed E-state index contributed by atoms with van der Waals surface area (Å²) in [5.74, 6) is -0.997. The lowest BCUT2D eigenvalue weighted by Gasteiger charge is -2.13. The van der Waals surface area contributed by atoms with Crippen LogP contribution in [0.5, 0.6) is 0 Å². The highest BCUT2D eigenvalue weighted by Gasteiger charge is 2.16. The molecule has 0 saturated heterocycles. The molecule has 0 bridgehead atoms. The zero-order valence-electron chi connectivity index (χ0n) is 28.2. The minimum absolute atomic E-state index is 0.0707. The van der Waals surface area contributed by atoms with E-state index in [1.165, 1.54) is 128 Å². The van der Waals surface area contributed by atoms with Crippen molar-refractivity contribution in [3.63, 3.8) is 0 Å². The van der Waals surface area contributed by atoms with Crippen LogP contribution in [-0.2, 0) is 9.59 Å². The van der Waals surface area contributed by atoms with E-state index >= 15 is 0 Å². The third-order valence-electron chi connectivity index (χ3n) is 8.39. The Kier molecular flexibility index (Phi) is 32.6. The molecule has 0 saturated carbocycles. The molecule has 0 aromatic carbocycles. The third-order valence-corrected chi connectivity index (χ3v) is 8.39. The van der Waals surface area contributed by atoms with E-state index in [4.69, 9.17) is 0 Å². The second-order valence-electron chi connectivity index (χ2n) is 12.5. The maximum atomic E-state index is 12.2. The van der Waals surface area contributed by atoms with Crippen molar-refractivity contribution in [3.05, 3.63) is 24.3 Å². The van der Waals surface area contributed by atoms with E-state index in [0.717, 1.165) is 32.1 Å². The van der Waals surface area contributed by atoms with Crippen molar-refractivity contribution in [3.8, 4) is 0 Å². The summed E-state index contributed by atoms with van der Waals surface area (Å²) in [6.45, 7) is 5.00. The minimum Gasteiger partial charge on any atom is -0.481 e. The number of amides is 1. The van der Waals surface area contributed by atoms with Crippen LogP contribution in [0.3, 0.4) is 0 Å². The molecule has 0 aromatic rings. The van der Waals surface area contributed by atoms with Gasteiger partial charge < -0.3 is 10.4 Å². The highest BCUT2D eigenvalue weighted by atomic mass is 16.4. The molecule has 1 amide bonds. The third kappa shape index (κ3) is 31.4. The topological polar surface area (TPSA) is 66.4 Å². The number of nitrogens with one attached hydrogen (secondary N) is 1. The minimum atomic E-state index is -0.723. The maximum absolute atomic E-state index is 12.2. The Morgan fingerprint density at radius 1 is 0.524 bits per heavy atom. The monoisotopic (exact) mass is 590 g/mol. The van der Waals surface area contributed by atoms with Crippen LogP contribution in [0.2, 0.25) is 0 Å². The van der Waals surface area contributed by atoms with Crippen LogP contribution >= 0.6 is 0 Å². The Balaban J connectivity index is 3.58. The van der Waals surface area contributed by atoms with Crippen molar-refractivity contribution in [1.29, 1.82) is 0 Å². The van der Waals surface area contributed by atoms with Crippen molar-refractivity contribution in [2.45, 2.75) is 194 Å². The zero-order valence-corrected chi connectivity index (χ0v) is 28.2. The molecule has 1 unspecified atom stereocenters. The summed E-state index contributed by atoms with van der Waals surface area (Å²) in [6.07, 6.45) is 42.3. The van der Waals surface area contributed by atoms with Gasteiger partial charge in [-0.3, -0.25) is 9.59 Å². The Morgan fingerprint density at radius 2 is 0.905 bits per heavy atom. The molecular formula is C38H71NO3. The van der Waals surface area contributed by atoms with E-state index < -0.39 is 5.97 Å². The van der Waals surface area contributed by atoms with Gasteiger partial charge in [-0.1, -0.05) is 141 Å². The lowest BCUT2D eigenvalue weighted by molar-refractivity contribution is -0.142. The number of allylic oxidation sites excluding steroid dienone is 4. The number of carbonyl (C=O) groups is 2. The summed E-state index contributed by atoms with van der Waals surface area (Å²) < 4.78 is 0. The van der Waals surface area contributed by atoms with Crippen molar-refractivity contribution < 1.29 is 14.7 Å². The molecule has 0 radical (unpaired) electrons. The van der Waals surface area contributed by atoms with Gasteiger partial charge in [0.25, 0.3) is 0 Å². The van der Waals surface area contributed by atoms with Crippen LogP contribution in [-0.4, -0.2) is 23.5 Å². The quantitative estimate of drug-likeness (QED) is 0.0591. The van der Waals surface area contributed by atoms with Gasteiger partial charge in [0.1, 0.15) is 0 Å². The van der Waals surface area contributed by atoms with Gasteiger partial charge in [0.2, 0.25) is 5.91 Å². The fourth-order valence-electron chi connectivity index (χ4n) is 5.51. The molecule has 4 nitrogen and oxygen atoms in total. The van der Waals surface area contributed by atoms with Crippen LogP contribution in [0, 0.1) is 5.92 Å². The summed E-state index contributed by atoms with van der Waals surface area (Å²) >= 11 is 0. The van der Waals surface area contributed by atoms with Gasteiger partial charge in [-0.15, -0.1) is 0 Å². The van der Waals surface area contributed by atoms with Crippen molar-refractivity contribution in [1.82, 2.24) is 5.32 Å². The molecule has 0 heterocycles. The molecule has 0 aliphatic rings. The van der Waals surface area contributed by atoms with Crippen molar-refractivity contribution >= 4 is 11.9 Å². The van der Waals surface area contributed by atoms with E-state index in [0.29, 0.717) is 25.8 Å². The number of carboxylic acid groups (broad SMARTS) is 1. The Bertz CT molecular complexity index is 642. The van der Waals surface area contributed by atoms with Crippen LogP contribution in [0.25, 0.3) is 0 Å². The van der Waals surface area contributed by atoms with Gasteiger partial charge in [0.05, 0.1) is 5.92 Å². The summed E-state index contributed by atoms with van der Waals surface area (Å²) in [4.78, 5) is 23.8. The van der Waals surface area contributed by atoms with Crippen LogP contribution < -0.4 is 5.32 Å². The summed E-state index contributed by atoms with van der Waals surface area (Å²) in [5, 5.41) is 12.5. The fourth-order valence-corrected chi connectivity index (χ4v) is 5.51. The van der Waals surface area contributed by atoms with Gasteiger partial charge in [-0.25, -0.2) is 0 Å². The first kappa shape index (κ1) is 40.4. The molecule has 0 aliphatic carbocycles. The van der Waals surface area contributed by atoms with Gasteiger partial charge in [0.15, 0.2) is 0 Å². The predicted octanol–water partition coefficient (Wildman–Crippen LogP) is 11.9. The SMILES string of the molecule is CCCCCCCCC=CCCCCCCCC(=O)NCCC(CCCCCCC=CCCCCCCCC)C(=O)O. The molecule has 2 N–H and O–H groups in total. The largest absolute Gasteiger partial charge is 0.481 e. The average molecular weight is 590 g/mol. The number of carboxylic acids is 1. The number of hydrogen-bond acceptors (Lipinski definition) is 2. The van der Waals surface area contributed by atoms with Crippen LogP contribution in [0.15, 0.2) is 24.3 Å². The van der Waals surface area contributed by atoms with Gasteiger partial charge in [0, 0.05) is 13.0 Å². The van der Waals surface area contributed by atoms with E-state index in [-0.39, 0.29) is 11.8 Å². The zero-order chi connectivity index (χ0) is 30.8. The molecule has 0 aliphatic heterocycles. The molecule has 0 fully saturated rings. The van der Waals surface area contributed by atoms with Crippen molar-refractivity contribution in [2.24, 2.45) is 5.92 Å². The lowest BCUT2D eigenvalue weighted by Crippen LogP contribution is -2.27. The van der Waals surface area contributed by atoms with Crippen molar-refractivity contribution in [2.75, 3.05) is 6.54 Å². The second-order valence-corrected chi connectivity index (χ2v) is 12.5. The number of carbonyl (C=O) groups excluding carboxylic acids is 1. The fraction of sp³-hybridized carbons (Fsp3) is 0.842. The summed E-state index contributed by atoms with van der Waals surface area (Å²) in [6, 6.07) is 0. The lowest BCUT2D eigenvalue weighted by atomic mass is 9.97. The summed E-state index contributed by atoms with van der Waals surface area (Å²) in [7, 11) is 0. The molecule has 42 heavy (non-hydrogen) atoms. The molecule has 0 rings (SSSR count). The standard InChI is InChI=1S/C38H71NO3/c1-3-5-7-9-11-13-15-17-19-21-23-25-27-29-31-33-37(40)39-35-34-36(38(41)42)32-30-28-26-24-22-20-18-16-14-12-10-8-6-4-2/h17-20,36H,3-16,21-35H2,1-2H3,(H,39,40)(H,41,42). The second kappa shape index (κ2) is 33.9. The highest BCUT2D eigenvalue weighted by molar-refractivity contribution is 5.76. The molecule has 246 valence electrons. The Hall–Kier alpha value is -1.58. The van der Waals surface area contributed by atoms with E-state index in [1.54, 1.807) is 0 Å². The molecule has 1 atom stereocenters. The number of aliphatic carboxylic acids is 1. The predicted molar refractivity (Wildman–Crippen MR) is 183 cm³/mol. The smallest absolute Gasteiger partial charge is 0.306 e. The molecule has 0 spiro atoms. The first-order valence-corrected chi connectivity index (χ1v) is 18.4. The number of hydrogen-bond donors (Lipinski definition) is 2.